The normalized spacial score (nSPS) is 18.9. The first-order valence-corrected chi connectivity index (χ1v) is 11.1. The van der Waals surface area contributed by atoms with Gasteiger partial charge in [-0.3, -0.25) is 0 Å². The first-order chi connectivity index (χ1) is 16.5. The monoisotopic (exact) mass is 450 g/mol. The van der Waals surface area contributed by atoms with Gasteiger partial charge >= 0.3 is 0 Å². The Morgan fingerprint density at radius 3 is 1.21 bits per heavy atom. The molecule has 2 aliphatic carbocycles. The molecule has 0 saturated carbocycles. The summed E-state index contributed by atoms with van der Waals surface area (Å²) in [6.07, 6.45) is 0. The smallest absolute Gasteiger partial charge is 0.127 e. The van der Waals surface area contributed by atoms with Crippen LogP contribution in [0.2, 0.25) is 0 Å². The summed E-state index contributed by atoms with van der Waals surface area (Å²) < 4.78 is 27.5. The lowest BCUT2D eigenvalue weighted by atomic mass is 9.78. The van der Waals surface area contributed by atoms with Gasteiger partial charge in [-0.05, 0) is 46.5 Å². The number of rotatable bonds is 3. The van der Waals surface area contributed by atoms with Crippen molar-refractivity contribution in [2.24, 2.45) is 0 Å². The standard InChI is InChI=1S/C30H20F2O2/c31-19-13-9-17(10-14-19)25-21-5-1-3-7-23(21)29(33)27(25)28-26(18-11-15-20(32)16-12-18)22-6-2-4-8-24(22)30(28)34/h1-16,25-26,33-34H/t25-,26-/m0/s1. The van der Waals surface area contributed by atoms with E-state index in [0.29, 0.717) is 22.3 Å². The zero-order valence-electron chi connectivity index (χ0n) is 18.0. The van der Waals surface area contributed by atoms with Crippen LogP contribution in [0.15, 0.2) is 108 Å². The van der Waals surface area contributed by atoms with E-state index in [9.17, 15) is 19.0 Å². The maximum Gasteiger partial charge on any atom is 0.127 e. The van der Waals surface area contributed by atoms with Crippen LogP contribution in [-0.2, 0) is 0 Å². The average molecular weight is 450 g/mol. The Hall–Kier alpha value is -4.18. The lowest BCUT2D eigenvalue weighted by molar-refractivity contribution is 0.500. The topological polar surface area (TPSA) is 40.5 Å². The Morgan fingerprint density at radius 2 is 0.824 bits per heavy atom. The second-order valence-corrected chi connectivity index (χ2v) is 8.67. The molecule has 2 aliphatic rings. The highest BCUT2D eigenvalue weighted by Crippen LogP contribution is 2.56. The Morgan fingerprint density at radius 1 is 0.471 bits per heavy atom. The van der Waals surface area contributed by atoms with Gasteiger partial charge in [0, 0.05) is 34.1 Å². The third-order valence-corrected chi connectivity index (χ3v) is 6.84. The Labute approximate surface area is 195 Å². The highest BCUT2D eigenvalue weighted by atomic mass is 19.1. The number of fused-ring (bicyclic) bond motifs is 2. The Balaban J connectivity index is 1.62. The number of halogens is 2. The third kappa shape index (κ3) is 2.99. The summed E-state index contributed by atoms with van der Waals surface area (Å²) in [6.45, 7) is 0. The second-order valence-electron chi connectivity index (χ2n) is 8.67. The van der Waals surface area contributed by atoms with Gasteiger partial charge in [0.15, 0.2) is 0 Å². The fraction of sp³-hybridized carbons (Fsp3) is 0.0667. The van der Waals surface area contributed by atoms with E-state index >= 15 is 0 Å². The lowest BCUT2D eigenvalue weighted by Gasteiger charge is -2.23. The highest BCUT2D eigenvalue weighted by Gasteiger charge is 2.42. The van der Waals surface area contributed by atoms with Crippen LogP contribution in [0.25, 0.3) is 11.5 Å². The van der Waals surface area contributed by atoms with Crippen LogP contribution in [0.5, 0.6) is 0 Å². The van der Waals surface area contributed by atoms with E-state index in [1.165, 1.54) is 24.3 Å². The average Bonchev–Trinajstić information content (AvgIpc) is 3.31. The molecule has 2 atom stereocenters. The number of hydrogen-bond acceptors (Lipinski definition) is 2. The third-order valence-electron chi connectivity index (χ3n) is 6.84. The summed E-state index contributed by atoms with van der Waals surface area (Å²) in [5.74, 6) is -1.30. The van der Waals surface area contributed by atoms with Crippen LogP contribution in [0.3, 0.4) is 0 Å². The van der Waals surface area contributed by atoms with Crippen LogP contribution in [-0.4, -0.2) is 10.2 Å². The molecule has 4 heteroatoms. The predicted molar refractivity (Wildman–Crippen MR) is 128 cm³/mol. The molecule has 166 valence electrons. The molecule has 0 fully saturated rings. The van der Waals surface area contributed by atoms with E-state index in [4.69, 9.17) is 0 Å². The number of allylic oxidation sites excluding steroid dienone is 2. The van der Waals surface area contributed by atoms with Crippen molar-refractivity contribution in [2.75, 3.05) is 0 Å². The van der Waals surface area contributed by atoms with Gasteiger partial charge in [-0.15, -0.1) is 0 Å². The molecular weight excluding hydrogens is 430 g/mol. The molecule has 2 nitrogen and oxygen atoms in total. The molecule has 6 rings (SSSR count). The molecule has 4 aromatic rings. The van der Waals surface area contributed by atoms with Crippen molar-refractivity contribution in [2.45, 2.75) is 11.8 Å². The molecule has 34 heavy (non-hydrogen) atoms. The lowest BCUT2D eigenvalue weighted by Crippen LogP contribution is -2.10. The van der Waals surface area contributed by atoms with Crippen molar-refractivity contribution in [1.82, 2.24) is 0 Å². The van der Waals surface area contributed by atoms with Gasteiger partial charge in [0.25, 0.3) is 0 Å². The van der Waals surface area contributed by atoms with Gasteiger partial charge in [-0.2, -0.15) is 0 Å². The molecule has 4 aromatic carbocycles. The van der Waals surface area contributed by atoms with Crippen molar-refractivity contribution in [3.63, 3.8) is 0 Å². The first-order valence-electron chi connectivity index (χ1n) is 11.1. The summed E-state index contributed by atoms with van der Waals surface area (Å²) in [7, 11) is 0. The second kappa shape index (κ2) is 7.70. The molecule has 0 heterocycles. The minimum absolute atomic E-state index is 0.0893. The molecule has 0 unspecified atom stereocenters. The van der Waals surface area contributed by atoms with Crippen LogP contribution < -0.4 is 0 Å². The Bertz CT molecular complexity index is 1370. The van der Waals surface area contributed by atoms with Crippen LogP contribution in [0.1, 0.15) is 45.2 Å². The zero-order chi connectivity index (χ0) is 23.4. The number of aliphatic hydroxyl groups excluding tert-OH is 2. The predicted octanol–water partition coefficient (Wildman–Crippen LogP) is 7.49. The van der Waals surface area contributed by atoms with Gasteiger partial charge in [-0.25, -0.2) is 8.78 Å². The number of aliphatic hydroxyl groups is 2. The van der Waals surface area contributed by atoms with E-state index in [1.54, 1.807) is 24.3 Å². The molecule has 0 amide bonds. The SMILES string of the molecule is OC1=C(C2=C(O)c3ccccc3[C@@H]2c2ccc(F)cc2)[C@@H](c2ccc(F)cc2)c2ccccc21. The van der Waals surface area contributed by atoms with Gasteiger partial charge in [-0.1, -0.05) is 72.8 Å². The number of hydrogen-bond donors (Lipinski definition) is 2. The van der Waals surface area contributed by atoms with Gasteiger partial charge in [0.2, 0.25) is 0 Å². The molecule has 0 spiro atoms. The molecular formula is C30H20F2O2. The summed E-state index contributed by atoms with van der Waals surface area (Å²) >= 11 is 0. The largest absolute Gasteiger partial charge is 0.507 e. The van der Waals surface area contributed by atoms with Crippen LogP contribution in [0, 0.1) is 11.6 Å². The van der Waals surface area contributed by atoms with Crippen LogP contribution in [0.4, 0.5) is 8.78 Å². The molecule has 0 aliphatic heterocycles. The maximum absolute atomic E-state index is 13.8. The molecule has 0 saturated heterocycles. The van der Waals surface area contributed by atoms with E-state index in [1.807, 2.05) is 48.5 Å². The fourth-order valence-electron chi connectivity index (χ4n) is 5.37. The summed E-state index contributed by atoms with van der Waals surface area (Å²) in [5, 5.41) is 23.0. The quantitative estimate of drug-likeness (QED) is 0.339. The number of benzene rings is 4. The Kier molecular flexibility index (Phi) is 4.63. The van der Waals surface area contributed by atoms with Gasteiger partial charge in [0.1, 0.15) is 23.2 Å². The van der Waals surface area contributed by atoms with Crippen molar-refractivity contribution in [3.8, 4) is 0 Å². The van der Waals surface area contributed by atoms with Crippen LogP contribution >= 0.6 is 0 Å². The highest BCUT2D eigenvalue weighted by molar-refractivity contribution is 5.88. The van der Waals surface area contributed by atoms with E-state index in [0.717, 1.165) is 22.3 Å². The zero-order valence-corrected chi connectivity index (χ0v) is 18.0. The first kappa shape index (κ1) is 20.4. The molecule has 0 aromatic heterocycles. The van der Waals surface area contributed by atoms with E-state index < -0.39 is 11.8 Å². The molecule has 0 radical (unpaired) electrons. The molecule has 0 bridgehead atoms. The minimum atomic E-state index is -0.397. The van der Waals surface area contributed by atoms with E-state index in [-0.39, 0.29) is 23.2 Å². The maximum atomic E-state index is 13.8. The molecule has 2 N–H and O–H groups in total. The summed E-state index contributed by atoms with van der Waals surface area (Å²) in [5.41, 5.74) is 5.91. The summed E-state index contributed by atoms with van der Waals surface area (Å²) in [4.78, 5) is 0. The van der Waals surface area contributed by atoms with E-state index in [2.05, 4.69) is 0 Å². The fourth-order valence-corrected chi connectivity index (χ4v) is 5.37. The summed E-state index contributed by atoms with van der Waals surface area (Å²) in [6, 6.07) is 27.6. The van der Waals surface area contributed by atoms with Gasteiger partial charge < -0.3 is 10.2 Å². The van der Waals surface area contributed by atoms with Gasteiger partial charge in [0.05, 0.1) is 0 Å². The van der Waals surface area contributed by atoms with Crippen molar-refractivity contribution < 1.29 is 19.0 Å². The van der Waals surface area contributed by atoms with Crippen molar-refractivity contribution >= 4 is 11.5 Å². The van der Waals surface area contributed by atoms with Crippen molar-refractivity contribution in [1.29, 1.82) is 0 Å². The minimum Gasteiger partial charge on any atom is -0.507 e. The van der Waals surface area contributed by atoms with Crippen molar-refractivity contribution in [3.05, 3.63) is 153 Å².